The van der Waals surface area contributed by atoms with Gasteiger partial charge >= 0.3 is 5.97 Å². The van der Waals surface area contributed by atoms with Crippen LogP contribution < -0.4 is 0 Å². The van der Waals surface area contributed by atoms with Crippen LogP contribution in [0.15, 0.2) is 0 Å². The van der Waals surface area contributed by atoms with E-state index in [2.05, 4.69) is 27.7 Å². The van der Waals surface area contributed by atoms with Crippen LogP contribution in [0.4, 0.5) is 0 Å². The number of ether oxygens (including phenoxy) is 1. The molecule has 2 unspecified atom stereocenters. The largest absolute Gasteiger partial charge is 0.463 e. The van der Waals surface area contributed by atoms with Crippen molar-refractivity contribution in [2.75, 3.05) is 0 Å². The van der Waals surface area contributed by atoms with Gasteiger partial charge in [-0.05, 0) is 24.7 Å². The molecule has 0 aliphatic carbocycles. The molecule has 0 aromatic rings. The Kier molecular flexibility index (Phi) is 5.17. The average molecular weight is 200 g/mol. The monoisotopic (exact) mass is 200 g/mol. The molecule has 0 bridgehead atoms. The number of carbonyl (C=O) groups is 1. The molecule has 2 atom stereocenters. The van der Waals surface area contributed by atoms with E-state index < -0.39 is 0 Å². The summed E-state index contributed by atoms with van der Waals surface area (Å²) in [5.74, 6) is 0.243. The van der Waals surface area contributed by atoms with Crippen LogP contribution in [0.25, 0.3) is 0 Å². The molecule has 0 heterocycles. The van der Waals surface area contributed by atoms with E-state index in [1.54, 1.807) is 0 Å². The Hall–Kier alpha value is -0.530. The molecule has 0 aliphatic rings. The minimum atomic E-state index is -0.182. The summed E-state index contributed by atoms with van der Waals surface area (Å²) in [4.78, 5) is 10.8. The second-order valence-electron chi connectivity index (χ2n) is 5.01. The summed E-state index contributed by atoms with van der Waals surface area (Å²) < 4.78 is 5.16. The van der Waals surface area contributed by atoms with E-state index in [9.17, 15) is 4.79 Å². The molecule has 0 rings (SSSR count). The molecule has 0 amide bonds. The Labute approximate surface area is 88.0 Å². The number of hydrogen-bond donors (Lipinski definition) is 0. The first kappa shape index (κ1) is 13.5. The van der Waals surface area contributed by atoms with E-state index in [0.717, 1.165) is 12.8 Å². The van der Waals surface area contributed by atoms with E-state index in [4.69, 9.17) is 4.74 Å². The third-order valence-corrected chi connectivity index (χ3v) is 2.98. The van der Waals surface area contributed by atoms with Crippen LogP contribution in [0, 0.1) is 11.3 Å². The van der Waals surface area contributed by atoms with E-state index >= 15 is 0 Å². The Morgan fingerprint density at radius 1 is 1.36 bits per heavy atom. The zero-order chi connectivity index (χ0) is 11.4. The van der Waals surface area contributed by atoms with Gasteiger partial charge in [0, 0.05) is 6.92 Å². The first-order valence-electron chi connectivity index (χ1n) is 5.45. The van der Waals surface area contributed by atoms with Crippen molar-refractivity contribution in [2.45, 2.75) is 60.5 Å². The van der Waals surface area contributed by atoms with Crippen molar-refractivity contribution in [3.05, 3.63) is 0 Å². The van der Waals surface area contributed by atoms with Crippen molar-refractivity contribution in [2.24, 2.45) is 11.3 Å². The SMILES string of the molecule is CCC(C)(C)CC(C)C(C)OC(C)=O. The highest BCUT2D eigenvalue weighted by molar-refractivity contribution is 5.66. The topological polar surface area (TPSA) is 26.3 Å². The Balaban J connectivity index is 4.06. The molecule has 2 heteroatoms. The number of rotatable bonds is 5. The van der Waals surface area contributed by atoms with Crippen molar-refractivity contribution in [3.8, 4) is 0 Å². The second-order valence-corrected chi connectivity index (χ2v) is 5.01. The molecule has 0 aromatic heterocycles. The lowest BCUT2D eigenvalue weighted by atomic mass is 9.80. The zero-order valence-corrected chi connectivity index (χ0v) is 10.4. The molecule has 0 saturated carbocycles. The van der Waals surface area contributed by atoms with Crippen LogP contribution in [0.1, 0.15) is 54.4 Å². The van der Waals surface area contributed by atoms with Gasteiger partial charge in [0.05, 0.1) is 0 Å². The van der Waals surface area contributed by atoms with Crippen molar-refractivity contribution in [1.82, 2.24) is 0 Å². The number of hydrogen-bond acceptors (Lipinski definition) is 2. The summed E-state index contributed by atoms with van der Waals surface area (Å²) in [6.45, 7) is 12.3. The maximum absolute atomic E-state index is 10.8. The lowest BCUT2D eigenvalue weighted by molar-refractivity contribution is -0.148. The minimum absolute atomic E-state index is 0.0262. The van der Waals surface area contributed by atoms with Crippen LogP contribution >= 0.6 is 0 Å². The Morgan fingerprint density at radius 3 is 2.21 bits per heavy atom. The highest BCUT2D eigenvalue weighted by Gasteiger charge is 2.23. The van der Waals surface area contributed by atoms with E-state index in [1.807, 2.05) is 6.92 Å². The van der Waals surface area contributed by atoms with Crippen molar-refractivity contribution in [3.63, 3.8) is 0 Å². The standard InChI is InChI=1S/C12H24O2/c1-7-12(5,6)8-9(2)10(3)14-11(4)13/h9-10H,7-8H2,1-6H3. The van der Waals surface area contributed by atoms with Gasteiger partial charge in [-0.3, -0.25) is 4.79 Å². The molecule has 0 aromatic carbocycles. The molecule has 0 fully saturated rings. The summed E-state index contributed by atoms with van der Waals surface area (Å²) in [6.07, 6.45) is 2.28. The normalized spacial score (nSPS) is 16.1. The highest BCUT2D eigenvalue weighted by atomic mass is 16.5. The Morgan fingerprint density at radius 2 is 1.86 bits per heavy atom. The molecular formula is C12H24O2. The number of esters is 1. The van der Waals surface area contributed by atoms with Crippen LogP contribution in [0.5, 0.6) is 0 Å². The van der Waals surface area contributed by atoms with Gasteiger partial charge in [-0.15, -0.1) is 0 Å². The van der Waals surface area contributed by atoms with Gasteiger partial charge in [0.2, 0.25) is 0 Å². The van der Waals surface area contributed by atoms with E-state index in [1.165, 1.54) is 6.92 Å². The smallest absolute Gasteiger partial charge is 0.302 e. The molecule has 0 spiro atoms. The van der Waals surface area contributed by atoms with Crippen molar-refractivity contribution >= 4 is 5.97 Å². The number of carbonyl (C=O) groups excluding carboxylic acids is 1. The highest BCUT2D eigenvalue weighted by Crippen LogP contribution is 2.30. The Bertz CT molecular complexity index is 185. The maximum Gasteiger partial charge on any atom is 0.302 e. The predicted octanol–water partition coefficient (Wildman–Crippen LogP) is 3.40. The van der Waals surface area contributed by atoms with Crippen molar-refractivity contribution < 1.29 is 9.53 Å². The third-order valence-electron chi connectivity index (χ3n) is 2.98. The molecular weight excluding hydrogens is 176 g/mol. The summed E-state index contributed by atoms with van der Waals surface area (Å²) >= 11 is 0. The maximum atomic E-state index is 10.8. The van der Waals surface area contributed by atoms with Gasteiger partial charge in [-0.2, -0.15) is 0 Å². The fourth-order valence-corrected chi connectivity index (χ4v) is 1.56. The first-order valence-corrected chi connectivity index (χ1v) is 5.45. The fourth-order valence-electron chi connectivity index (χ4n) is 1.56. The molecule has 2 nitrogen and oxygen atoms in total. The molecule has 0 aliphatic heterocycles. The summed E-state index contributed by atoms with van der Waals surface area (Å²) in [7, 11) is 0. The molecule has 0 N–H and O–H groups in total. The van der Waals surface area contributed by atoms with Gasteiger partial charge in [-0.25, -0.2) is 0 Å². The van der Waals surface area contributed by atoms with Crippen LogP contribution in [-0.4, -0.2) is 12.1 Å². The van der Waals surface area contributed by atoms with E-state index in [0.29, 0.717) is 11.3 Å². The minimum Gasteiger partial charge on any atom is -0.463 e. The van der Waals surface area contributed by atoms with Crippen LogP contribution in [0.2, 0.25) is 0 Å². The molecule has 84 valence electrons. The van der Waals surface area contributed by atoms with Gasteiger partial charge in [0.1, 0.15) is 6.10 Å². The predicted molar refractivity (Wildman–Crippen MR) is 59.1 cm³/mol. The first-order chi connectivity index (χ1) is 6.28. The summed E-state index contributed by atoms with van der Waals surface area (Å²) in [5.41, 5.74) is 0.341. The molecule has 14 heavy (non-hydrogen) atoms. The summed E-state index contributed by atoms with van der Waals surface area (Å²) in [5, 5.41) is 0. The van der Waals surface area contributed by atoms with Gasteiger partial charge in [0.25, 0.3) is 0 Å². The molecule has 0 saturated heterocycles. The van der Waals surface area contributed by atoms with Crippen LogP contribution in [0.3, 0.4) is 0 Å². The van der Waals surface area contributed by atoms with Gasteiger partial charge in [0.15, 0.2) is 0 Å². The van der Waals surface area contributed by atoms with Gasteiger partial charge < -0.3 is 4.74 Å². The quantitative estimate of drug-likeness (QED) is 0.636. The van der Waals surface area contributed by atoms with Crippen molar-refractivity contribution in [1.29, 1.82) is 0 Å². The fraction of sp³-hybridized carbons (Fsp3) is 0.917. The van der Waals surface area contributed by atoms with Gasteiger partial charge in [-0.1, -0.05) is 34.1 Å². The summed E-state index contributed by atoms with van der Waals surface area (Å²) in [6, 6.07) is 0. The average Bonchev–Trinajstić information content (AvgIpc) is 2.02. The molecule has 0 radical (unpaired) electrons. The van der Waals surface area contributed by atoms with Crippen LogP contribution in [-0.2, 0) is 9.53 Å². The third kappa shape index (κ3) is 5.25. The zero-order valence-electron chi connectivity index (χ0n) is 10.4. The lowest BCUT2D eigenvalue weighted by Crippen LogP contribution is -2.25. The lowest BCUT2D eigenvalue weighted by Gasteiger charge is -2.29. The van der Waals surface area contributed by atoms with E-state index in [-0.39, 0.29) is 12.1 Å². The second kappa shape index (κ2) is 5.38.